The Morgan fingerprint density at radius 3 is 2.81 bits per heavy atom. The van der Waals surface area contributed by atoms with Crippen LogP contribution in [0.4, 0.5) is 0 Å². The number of rotatable bonds is 4. The van der Waals surface area contributed by atoms with Crippen LogP contribution in [-0.4, -0.2) is 35.6 Å². The van der Waals surface area contributed by atoms with E-state index < -0.39 is 0 Å². The SMILES string of the molecule is C1=CCN(CCCn2c3c(c4ccccc42)CCNC3)C1. The maximum Gasteiger partial charge on any atom is 0.0485 e. The molecule has 3 heterocycles. The van der Waals surface area contributed by atoms with Crippen LogP contribution in [0.25, 0.3) is 10.9 Å². The predicted molar refractivity (Wildman–Crippen MR) is 87.5 cm³/mol. The zero-order chi connectivity index (χ0) is 14.1. The third-order valence-corrected chi connectivity index (χ3v) is 4.79. The van der Waals surface area contributed by atoms with Crippen molar-refractivity contribution >= 4 is 10.9 Å². The lowest BCUT2D eigenvalue weighted by Gasteiger charge is -2.19. The summed E-state index contributed by atoms with van der Waals surface area (Å²) in [6.07, 6.45) is 6.94. The first-order chi connectivity index (χ1) is 10.4. The summed E-state index contributed by atoms with van der Waals surface area (Å²) >= 11 is 0. The number of aromatic nitrogens is 1. The normalized spacial score (nSPS) is 18.5. The molecule has 1 aromatic carbocycles. The van der Waals surface area contributed by atoms with Gasteiger partial charge in [0, 0.05) is 49.3 Å². The molecule has 21 heavy (non-hydrogen) atoms. The van der Waals surface area contributed by atoms with E-state index in [1.165, 1.54) is 36.0 Å². The molecule has 0 saturated heterocycles. The molecule has 0 aliphatic carbocycles. The first kappa shape index (κ1) is 13.1. The largest absolute Gasteiger partial charge is 0.343 e. The van der Waals surface area contributed by atoms with Gasteiger partial charge in [0.25, 0.3) is 0 Å². The molecule has 2 aliphatic heterocycles. The van der Waals surface area contributed by atoms with Crippen molar-refractivity contribution < 1.29 is 0 Å². The van der Waals surface area contributed by atoms with Crippen molar-refractivity contribution in [3.05, 3.63) is 47.7 Å². The lowest BCUT2D eigenvalue weighted by molar-refractivity contribution is 0.337. The molecule has 0 bridgehead atoms. The van der Waals surface area contributed by atoms with Crippen molar-refractivity contribution in [2.75, 3.05) is 26.2 Å². The lowest BCUT2D eigenvalue weighted by Crippen LogP contribution is -2.26. The van der Waals surface area contributed by atoms with Crippen molar-refractivity contribution in [1.29, 1.82) is 0 Å². The number of benzene rings is 1. The summed E-state index contributed by atoms with van der Waals surface area (Å²) < 4.78 is 2.56. The highest BCUT2D eigenvalue weighted by Gasteiger charge is 2.19. The topological polar surface area (TPSA) is 20.2 Å². The number of aryl methyl sites for hydroxylation is 1. The van der Waals surface area contributed by atoms with Gasteiger partial charge in [-0.1, -0.05) is 30.4 Å². The molecule has 2 aliphatic rings. The van der Waals surface area contributed by atoms with E-state index in [-0.39, 0.29) is 0 Å². The van der Waals surface area contributed by atoms with E-state index in [1.807, 2.05) is 0 Å². The van der Waals surface area contributed by atoms with Gasteiger partial charge < -0.3 is 9.88 Å². The van der Waals surface area contributed by atoms with E-state index in [1.54, 1.807) is 5.56 Å². The van der Waals surface area contributed by atoms with Crippen molar-refractivity contribution in [3.63, 3.8) is 0 Å². The average molecular weight is 281 g/mol. The fraction of sp³-hybridized carbons (Fsp3) is 0.444. The number of fused-ring (bicyclic) bond motifs is 3. The molecule has 0 amide bonds. The molecular formula is C18H23N3. The van der Waals surface area contributed by atoms with Crippen molar-refractivity contribution in [3.8, 4) is 0 Å². The summed E-state index contributed by atoms with van der Waals surface area (Å²) in [6.45, 7) is 6.73. The number of hydrogen-bond donors (Lipinski definition) is 1. The smallest absolute Gasteiger partial charge is 0.0485 e. The highest BCUT2D eigenvalue weighted by molar-refractivity contribution is 5.85. The van der Waals surface area contributed by atoms with E-state index in [4.69, 9.17) is 0 Å². The van der Waals surface area contributed by atoms with Crippen molar-refractivity contribution in [2.45, 2.75) is 25.9 Å². The van der Waals surface area contributed by atoms with E-state index in [0.717, 1.165) is 32.7 Å². The Morgan fingerprint density at radius 1 is 1.05 bits per heavy atom. The Hall–Kier alpha value is -1.58. The molecule has 3 nitrogen and oxygen atoms in total. The summed E-state index contributed by atoms with van der Waals surface area (Å²) in [5, 5.41) is 5.00. The zero-order valence-corrected chi connectivity index (χ0v) is 12.5. The first-order valence-corrected chi connectivity index (χ1v) is 8.10. The Labute approximate surface area is 126 Å². The van der Waals surface area contributed by atoms with Crippen LogP contribution in [-0.2, 0) is 19.5 Å². The zero-order valence-electron chi connectivity index (χ0n) is 12.5. The molecule has 0 spiro atoms. The summed E-state index contributed by atoms with van der Waals surface area (Å²) in [5.74, 6) is 0. The van der Waals surface area contributed by atoms with Gasteiger partial charge in [0.2, 0.25) is 0 Å². The summed E-state index contributed by atoms with van der Waals surface area (Å²) in [4.78, 5) is 2.51. The molecule has 0 saturated carbocycles. The molecule has 0 unspecified atom stereocenters. The van der Waals surface area contributed by atoms with E-state index in [9.17, 15) is 0 Å². The maximum absolute atomic E-state index is 3.53. The minimum absolute atomic E-state index is 1.02. The fourth-order valence-electron chi connectivity index (χ4n) is 3.74. The molecule has 0 radical (unpaired) electrons. The van der Waals surface area contributed by atoms with E-state index in [2.05, 4.69) is 51.2 Å². The number of para-hydroxylation sites is 1. The number of nitrogens with one attached hydrogen (secondary N) is 1. The van der Waals surface area contributed by atoms with Gasteiger partial charge in [-0.2, -0.15) is 0 Å². The molecule has 1 N–H and O–H groups in total. The predicted octanol–water partition coefficient (Wildman–Crippen LogP) is 2.55. The number of hydrogen-bond acceptors (Lipinski definition) is 2. The van der Waals surface area contributed by atoms with E-state index in [0.29, 0.717) is 0 Å². The molecule has 110 valence electrons. The number of nitrogens with zero attached hydrogens (tertiary/aromatic N) is 2. The quantitative estimate of drug-likeness (QED) is 0.869. The van der Waals surface area contributed by atoms with Gasteiger partial charge in [0.05, 0.1) is 0 Å². The molecule has 4 rings (SSSR count). The van der Waals surface area contributed by atoms with Crippen LogP contribution in [0.1, 0.15) is 17.7 Å². The van der Waals surface area contributed by atoms with Crippen LogP contribution < -0.4 is 5.32 Å². The van der Waals surface area contributed by atoms with Crippen molar-refractivity contribution in [2.24, 2.45) is 0 Å². The Morgan fingerprint density at radius 2 is 1.90 bits per heavy atom. The van der Waals surface area contributed by atoms with Crippen LogP contribution >= 0.6 is 0 Å². The summed E-state index contributed by atoms with van der Waals surface area (Å²) in [7, 11) is 0. The lowest BCUT2D eigenvalue weighted by atomic mass is 10.1. The minimum Gasteiger partial charge on any atom is -0.343 e. The summed E-state index contributed by atoms with van der Waals surface area (Å²) in [6, 6.07) is 8.92. The second kappa shape index (κ2) is 5.66. The Bertz CT molecular complexity index is 660. The van der Waals surface area contributed by atoms with Gasteiger partial charge >= 0.3 is 0 Å². The maximum atomic E-state index is 3.53. The minimum atomic E-state index is 1.02. The molecule has 2 aromatic rings. The van der Waals surface area contributed by atoms with Crippen LogP contribution in [0, 0.1) is 0 Å². The molecule has 0 atom stereocenters. The van der Waals surface area contributed by atoms with Crippen LogP contribution in [0.15, 0.2) is 36.4 Å². The highest BCUT2D eigenvalue weighted by atomic mass is 15.1. The highest BCUT2D eigenvalue weighted by Crippen LogP contribution is 2.28. The van der Waals surface area contributed by atoms with Gasteiger partial charge in [-0.3, -0.25) is 4.90 Å². The average Bonchev–Trinajstić information content (AvgIpc) is 3.15. The van der Waals surface area contributed by atoms with Crippen LogP contribution in [0.5, 0.6) is 0 Å². The third kappa shape index (κ3) is 2.41. The van der Waals surface area contributed by atoms with Gasteiger partial charge in [-0.15, -0.1) is 0 Å². The van der Waals surface area contributed by atoms with Crippen LogP contribution in [0.3, 0.4) is 0 Å². The molecule has 0 fully saturated rings. The standard InChI is InChI=1S/C18H23N3/c1-2-7-17-15(6-1)16-8-9-19-14-18(16)21(17)13-5-12-20-10-3-4-11-20/h1-4,6-7,19H,5,8-14H2. The van der Waals surface area contributed by atoms with E-state index >= 15 is 0 Å². The Kier molecular flexibility index (Phi) is 3.53. The Balaban J connectivity index is 1.58. The summed E-state index contributed by atoms with van der Waals surface area (Å²) in [5.41, 5.74) is 4.51. The van der Waals surface area contributed by atoms with Gasteiger partial charge in [-0.05, 0) is 31.0 Å². The monoisotopic (exact) mass is 281 g/mol. The van der Waals surface area contributed by atoms with Gasteiger partial charge in [-0.25, -0.2) is 0 Å². The van der Waals surface area contributed by atoms with Crippen LogP contribution in [0.2, 0.25) is 0 Å². The molecular weight excluding hydrogens is 258 g/mol. The second-order valence-corrected chi connectivity index (χ2v) is 6.11. The van der Waals surface area contributed by atoms with Gasteiger partial charge in [0.1, 0.15) is 0 Å². The molecule has 1 aromatic heterocycles. The first-order valence-electron chi connectivity index (χ1n) is 8.10. The fourth-order valence-corrected chi connectivity index (χ4v) is 3.74. The second-order valence-electron chi connectivity index (χ2n) is 6.11. The van der Waals surface area contributed by atoms with Crippen molar-refractivity contribution in [1.82, 2.24) is 14.8 Å². The van der Waals surface area contributed by atoms with Gasteiger partial charge in [0.15, 0.2) is 0 Å². The third-order valence-electron chi connectivity index (χ3n) is 4.79. The molecule has 3 heteroatoms.